The van der Waals surface area contributed by atoms with Crippen molar-refractivity contribution in [2.45, 2.75) is 52.4 Å². The summed E-state index contributed by atoms with van der Waals surface area (Å²) in [5, 5.41) is 0. The third-order valence-electron chi connectivity index (χ3n) is 12.0. The molecule has 0 nitrogen and oxygen atoms in total. The molecule has 1 saturated carbocycles. The second kappa shape index (κ2) is 21.3. The zero-order valence-corrected chi connectivity index (χ0v) is 37.0. The molecule has 0 aliphatic heterocycles. The predicted molar refractivity (Wildman–Crippen MR) is 246 cm³/mol. The number of hydrogen-bond acceptors (Lipinski definition) is 0. The van der Waals surface area contributed by atoms with Gasteiger partial charge in [-0.2, -0.15) is 0 Å². The van der Waals surface area contributed by atoms with Crippen LogP contribution in [0.2, 0.25) is 0 Å². The number of halogens is 11. The third-order valence-corrected chi connectivity index (χ3v) is 12.0. The van der Waals surface area contributed by atoms with Crippen molar-refractivity contribution >= 4 is 0 Å². The lowest BCUT2D eigenvalue weighted by Crippen LogP contribution is -2.10. The second-order valence-corrected chi connectivity index (χ2v) is 17.0. The van der Waals surface area contributed by atoms with Crippen molar-refractivity contribution in [3.05, 3.63) is 226 Å². The molecule has 8 aromatic carbocycles. The molecular formula is C57H43F11. The van der Waals surface area contributed by atoms with E-state index in [2.05, 4.69) is 6.92 Å². The van der Waals surface area contributed by atoms with Crippen molar-refractivity contribution in [2.24, 2.45) is 5.92 Å². The minimum absolute atomic E-state index is 0.0126. The Labute approximate surface area is 387 Å². The minimum Gasteiger partial charge on any atom is -0.206 e. The van der Waals surface area contributed by atoms with E-state index in [0.717, 1.165) is 64.6 Å². The van der Waals surface area contributed by atoms with Gasteiger partial charge in [-0.05, 0) is 137 Å². The SMILES string of the molecule is CC1CCC(c2ccc(-c3cc(F)c(F)c(F)c3)cc2)CC1.Cc1ccc(-c2ccc(-c3cc(F)c(F)c(F)c3)c(F)c2)cc1.Cc1ccc(-c2ccc(-c3cc(F)c(F)c(F)c3)c(F)c2)cc1. The first kappa shape index (κ1) is 48.9. The maximum Gasteiger partial charge on any atom is 0.194 e. The predicted octanol–water partition coefficient (Wildman–Crippen LogP) is 17.8. The summed E-state index contributed by atoms with van der Waals surface area (Å²) in [6, 6.07) is 36.8. The van der Waals surface area contributed by atoms with Crippen LogP contribution in [0.4, 0.5) is 48.3 Å². The van der Waals surface area contributed by atoms with Crippen LogP contribution in [-0.4, -0.2) is 0 Å². The number of rotatable bonds is 6. The molecule has 348 valence electrons. The highest BCUT2D eigenvalue weighted by molar-refractivity contribution is 5.73. The van der Waals surface area contributed by atoms with E-state index < -0.39 is 64.0 Å². The fraction of sp³-hybridized carbons (Fsp3) is 0.158. The van der Waals surface area contributed by atoms with Crippen molar-refractivity contribution < 1.29 is 48.3 Å². The van der Waals surface area contributed by atoms with Gasteiger partial charge in [-0.15, -0.1) is 0 Å². The van der Waals surface area contributed by atoms with Gasteiger partial charge in [0.05, 0.1) is 0 Å². The van der Waals surface area contributed by atoms with Gasteiger partial charge in [0.1, 0.15) is 11.6 Å². The molecule has 0 heterocycles. The molecule has 8 aromatic rings. The maximum absolute atomic E-state index is 14.3. The van der Waals surface area contributed by atoms with Crippen molar-refractivity contribution in [1.29, 1.82) is 0 Å². The van der Waals surface area contributed by atoms with Crippen molar-refractivity contribution in [1.82, 2.24) is 0 Å². The lowest BCUT2D eigenvalue weighted by Gasteiger charge is -2.26. The van der Waals surface area contributed by atoms with E-state index in [9.17, 15) is 48.3 Å². The summed E-state index contributed by atoms with van der Waals surface area (Å²) in [7, 11) is 0. The molecule has 1 fully saturated rings. The molecule has 0 bridgehead atoms. The highest BCUT2D eigenvalue weighted by Gasteiger charge is 2.21. The van der Waals surface area contributed by atoms with E-state index >= 15 is 0 Å². The zero-order chi connectivity index (χ0) is 48.8. The van der Waals surface area contributed by atoms with Crippen LogP contribution in [0.25, 0.3) is 55.6 Å². The van der Waals surface area contributed by atoms with Crippen LogP contribution in [0.15, 0.2) is 146 Å². The number of hydrogen-bond donors (Lipinski definition) is 0. The van der Waals surface area contributed by atoms with Gasteiger partial charge in [-0.3, -0.25) is 0 Å². The Morgan fingerprint density at radius 1 is 0.294 bits per heavy atom. The summed E-state index contributed by atoms with van der Waals surface area (Å²) in [6.45, 7) is 6.19. The fourth-order valence-corrected chi connectivity index (χ4v) is 8.03. The molecule has 0 aromatic heterocycles. The standard InChI is InChI=1S/2C19H12F4.C19H19F3/c2*1-11-2-4-12(5-3-11)13-6-7-15(16(20)8-13)14-9-17(21)19(23)18(22)10-14;1-12-2-4-13(5-3-12)14-6-8-15(9-7-14)16-10-17(20)19(22)18(21)11-16/h2*2-10H,1H3;6-13H,2-5H2,1H3. The summed E-state index contributed by atoms with van der Waals surface area (Å²) in [5.41, 5.74) is 7.40. The molecule has 0 unspecified atom stereocenters. The van der Waals surface area contributed by atoms with Crippen LogP contribution in [0.1, 0.15) is 55.2 Å². The molecule has 0 N–H and O–H groups in total. The molecule has 0 radical (unpaired) electrons. The first-order valence-electron chi connectivity index (χ1n) is 21.7. The Morgan fingerprint density at radius 2 is 0.574 bits per heavy atom. The first-order valence-corrected chi connectivity index (χ1v) is 21.7. The molecule has 1 aliphatic carbocycles. The molecule has 0 atom stereocenters. The Balaban J connectivity index is 0.000000151. The number of benzene rings is 8. The summed E-state index contributed by atoms with van der Waals surface area (Å²) in [4.78, 5) is 0. The summed E-state index contributed by atoms with van der Waals surface area (Å²) in [6.07, 6.45) is 4.89. The maximum atomic E-state index is 14.3. The molecule has 0 saturated heterocycles. The number of aryl methyl sites for hydroxylation is 2. The molecule has 68 heavy (non-hydrogen) atoms. The smallest absolute Gasteiger partial charge is 0.194 e. The largest absolute Gasteiger partial charge is 0.206 e. The molecule has 11 heteroatoms. The Bertz CT molecular complexity index is 2830. The quantitative estimate of drug-likeness (QED) is 0.115. The van der Waals surface area contributed by atoms with Gasteiger partial charge in [0.25, 0.3) is 0 Å². The van der Waals surface area contributed by atoms with Crippen LogP contribution in [0.3, 0.4) is 0 Å². The Morgan fingerprint density at radius 3 is 0.912 bits per heavy atom. The summed E-state index contributed by atoms with van der Waals surface area (Å²) < 4.78 is 148. The van der Waals surface area contributed by atoms with Crippen molar-refractivity contribution in [2.75, 3.05) is 0 Å². The van der Waals surface area contributed by atoms with Gasteiger partial charge in [-0.25, -0.2) is 48.3 Å². The molecule has 9 rings (SSSR count). The van der Waals surface area contributed by atoms with E-state index in [4.69, 9.17) is 0 Å². The summed E-state index contributed by atoms with van der Waals surface area (Å²) in [5.74, 6) is -12.1. The van der Waals surface area contributed by atoms with Gasteiger partial charge < -0.3 is 0 Å². The fourth-order valence-electron chi connectivity index (χ4n) is 8.03. The van der Waals surface area contributed by atoms with Gasteiger partial charge in [0.15, 0.2) is 52.4 Å². The average molecular weight is 937 g/mol. The highest BCUT2D eigenvalue weighted by atomic mass is 19.2. The average Bonchev–Trinajstić information content (AvgIpc) is 3.32. The monoisotopic (exact) mass is 936 g/mol. The van der Waals surface area contributed by atoms with Crippen LogP contribution < -0.4 is 0 Å². The topological polar surface area (TPSA) is 0 Å². The van der Waals surface area contributed by atoms with Crippen molar-refractivity contribution in [3.63, 3.8) is 0 Å². The normalized spacial score (nSPS) is 14.4. The van der Waals surface area contributed by atoms with Gasteiger partial charge >= 0.3 is 0 Å². The lowest BCUT2D eigenvalue weighted by molar-refractivity contribution is 0.348. The van der Waals surface area contributed by atoms with E-state index in [1.807, 2.05) is 86.6 Å². The molecule has 0 amide bonds. The zero-order valence-electron chi connectivity index (χ0n) is 37.0. The lowest BCUT2D eigenvalue weighted by atomic mass is 9.79. The Kier molecular flexibility index (Phi) is 15.3. The van der Waals surface area contributed by atoms with Gasteiger partial charge in [0.2, 0.25) is 0 Å². The third kappa shape index (κ3) is 11.6. The van der Waals surface area contributed by atoms with Crippen LogP contribution in [0.5, 0.6) is 0 Å². The van der Waals surface area contributed by atoms with E-state index in [1.54, 1.807) is 12.1 Å². The highest BCUT2D eigenvalue weighted by Crippen LogP contribution is 2.37. The van der Waals surface area contributed by atoms with Crippen molar-refractivity contribution in [3.8, 4) is 55.6 Å². The van der Waals surface area contributed by atoms with E-state index in [-0.39, 0.29) is 22.3 Å². The molecule has 0 spiro atoms. The van der Waals surface area contributed by atoms with Crippen LogP contribution in [-0.2, 0) is 0 Å². The van der Waals surface area contributed by atoms with Gasteiger partial charge in [0, 0.05) is 11.1 Å². The second-order valence-electron chi connectivity index (χ2n) is 17.0. The minimum atomic E-state index is -1.56. The molecule has 1 aliphatic rings. The van der Waals surface area contributed by atoms with Gasteiger partial charge in [-0.1, -0.05) is 128 Å². The first-order chi connectivity index (χ1) is 32.4. The Hall–Kier alpha value is -7.01. The molecular weight excluding hydrogens is 894 g/mol. The van der Waals surface area contributed by atoms with E-state index in [0.29, 0.717) is 28.2 Å². The van der Waals surface area contributed by atoms with Crippen LogP contribution >= 0.6 is 0 Å². The summed E-state index contributed by atoms with van der Waals surface area (Å²) >= 11 is 0. The van der Waals surface area contributed by atoms with Crippen LogP contribution in [0, 0.1) is 83.8 Å². The van der Waals surface area contributed by atoms with E-state index in [1.165, 1.54) is 55.5 Å².